The standard InChI is InChI=1S/C38H43N5O6/c1-26(2)23-31(42-38(48)49-25-28-13-7-4-8-14-28)37(47)41-32(24-27-11-5-3-6-12-27)36(46)40-30(17-19-34(39)44)18-20-35(45)43-22-21-29-15-9-10-16-33(29)43/h3-16,18,20-22,26,30-32H,17,19,23-25H2,1-2H3,(H2,39,44)(H,40,46)(H,41,47)(H,42,48)/b20-18+/t30-,31-,32-/m0/s1. The zero-order chi connectivity index (χ0) is 35.2. The molecule has 3 aromatic carbocycles. The molecule has 4 amide bonds. The number of para-hydroxylation sites is 1. The van der Waals surface area contributed by atoms with Crippen molar-refractivity contribution < 1.29 is 28.7 Å². The normalized spacial score (nSPS) is 13.0. The lowest BCUT2D eigenvalue weighted by Crippen LogP contribution is -2.55. The minimum Gasteiger partial charge on any atom is -0.445 e. The summed E-state index contributed by atoms with van der Waals surface area (Å²) in [4.78, 5) is 65.0. The van der Waals surface area contributed by atoms with Gasteiger partial charge in [0.15, 0.2) is 0 Å². The molecular weight excluding hydrogens is 622 g/mol. The van der Waals surface area contributed by atoms with E-state index >= 15 is 0 Å². The molecular formula is C38H43N5O6. The number of carbonyl (C=O) groups is 5. The second kappa shape index (κ2) is 18.0. The fourth-order valence-corrected chi connectivity index (χ4v) is 5.29. The van der Waals surface area contributed by atoms with Crippen molar-refractivity contribution in [2.75, 3.05) is 0 Å². The van der Waals surface area contributed by atoms with Gasteiger partial charge in [-0.25, -0.2) is 4.79 Å². The van der Waals surface area contributed by atoms with Crippen LogP contribution in [-0.4, -0.2) is 52.4 Å². The van der Waals surface area contributed by atoms with E-state index in [4.69, 9.17) is 10.5 Å². The zero-order valence-electron chi connectivity index (χ0n) is 27.7. The number of aromatic nitrogens is 1. The highest BCUT2D eigenvalue weighted by molar-refractivity contribution is 5.98. The lowest BCUT2D eigenvalue weighted by molar-refractivity contribution is -0.130. The Morgan fingerprint density at radius 2 is 1.41 bits per heavy atom. The summed E-state index contributed by atoms with van der Waals surface area (Å²) in [5.74, 6) is -1.96. The molecule has 0 saturated carbocycles. The second-order valence-corrected chi connectivity index (χ2v) is 12.2. The molecule has 1 heterocycles. The Labute approximate surface area is 285 Å². The molecule has 0 aliphatic carbocycles. The number of benzene rings is 3. The van der Waals surface area contributed by atoms with Crippen molar-refractivity contribution in [1.29, 1.82) is 0 Å². The van der Waals surface area contributed by atoms with Crippen LogP contribution in [0.4, 0.5) is 4.79 Å². The summed E-state index contributed by atoms with van der Waals surface area (Å²) < 4.78 is 6.84. The summed E-state index contributed by atoms with van der Waals surface area (Å²) in [6.07, 6.45) is 4.30. The van der Waals surface area contributed by atoms with E-state index in [-0.39, 0.29) is 37.7 Å². The topological polar surface area (TPSA) is 162 Å². The van der Waals surface area contributed by atoms with E-state index < -0.39 is 41.9 Å². The Kier molecular flexibility index (Phi) is 13.3. The number of allylic oxidation sites excluding steroid dienone is 1. The summed E-state index contributed by atoms with van der Waals surface area (Å²) in [5, 5.41) is 9.24. The molecule has 0 aliphatic rings. The Morgan fingerprint density at radius 3 is 2.08 bits per heavy atom. The molecule has 11 heteroatoms. The van der Waals surface area contributed by atoms with Crippen LogP contribution in [0, 0.1) is 5.92 Å². The van der Waals surface area contributed by atoms with Crippen molar-refractivity contribution in [3.8, 4) is 0 Å². The van der Waals surface area contributed by atoms with Gasteiger partial charge in [-0.1, -0.05) is 98.8 Å². The number of nitrogens with one attached hydrogen (secondary N) is 3. The molecule has 256 valence electrons. The summed E-state index contributed by atoms with van der Waals surface area (Å²) in [7, 11) is 0. The third-order valence-electron chi connectivity index (χ3n) is 7.78. The van der Waals surface area contributed by atoms with E-state index in [0.717, 1.165) is 22.0 Å². The first-order chi connectivity index (χ1) is 23.6. The molecule has 0 spiro atoms. The van der Waals surface area contributed by atoms with Crippen molar-refractivity contribution in [3.63, 3.8) is 0 Å². The maximum absolute atomic E-state index is 13.8. The molecule has 0 bridgehead atoms. The fraction of sp³-hybridized carbons (Fsp3) is 0.289. The number of primary amides is 1. The van der Waals surface area contributed by atoms with E-state index in [1.54, 1.807) is 6.20 Å². The first kappa shape index (κ1) is 36.1. The number of alkyl carbamates (subject to hydrolysis) is 1. The van der Waals surface area contributed by atoms with Gasteiger partial charge in [0, 0.05) is 36.5 Å². The van der Waals surface area contributed by atoms with Gasteiger partial charge in [-0.05, 0) is 42.0 Å². The predicted octanol–water partition coefficient (Wildman–Crippen LogP) is 4.66. The number of rotatable bonds is 16. The molecule has 0 fully saturated rings. The van der Waals surface area contributed by atoms with Gasteiger partial charge in [0.05, 0.1) is 5.52 Å². The number of hydrogen-bond donors (Lipinski definition) is 4. The molecule has 3 atom stereocenters. The van der Waals surface area contributed by atoms with Gasteiger partial charge in [0.2, 0.25) is 17.7 Å². The number of amides is 4. The lowest BCUT2D eigenvalue weighted by atomic mass is 10.0. The average Bonchev–Trinajstić information content (AvgIpc) is 3.53. The number of carbonyl (C=O) groups excluding carboxylic acids is 5. The molecule has 0 aliphatic heterocycles. The fourth-order valence-electron chi connectivity index (χ4n) is 5.29. The van der Waals surface area contributed by atoms with Crippen molar-refractivity contribution in [3.05, 3.63) is 120 Å². The van der Waals surface area contributed by atoms with Crippen LogP contribution in [-0.2, 0) is 32.1 Å². The van der Waals surface area contributed by atoms with E-state index in [9.17, 15) is 24.0 Å². The molecule has 1 aromatic heterocycles. The number of nitrogens with two attached hydrogens (primary N) is 1. The Hall–Kier alpha value is -5.71. The third-order valence-corrected chi connectivity index (χ3v) is 7.78. The third kappa shape index (κ3) is 11.5. The number of hydrogen-bond acceptors (Lipinski definition) is 6. The van der Waals surface area contributed by atoms with Gasteiger partial charge < -0.3 is 26.4 Å². The van der Waals surface area contributed by atoms with Crippen LogP contribution in [0.3, 0.4) is 0 Å². The van der Waals surface area contributed by atoms with Crippen LogP contribution >= 0.6 is 0 Å². The van der Waals surface area contributed by atoms with Gasteiger partial charge in [-0.15, -0.1) is 0 Å². The van der Waals surface area contributed by atoms with E-state index in [1.165, 1.54) is 16.7 Å². The first-order valence-electron chi connectivity index (χ1n) is 16.3. The largest absolute Gasteiger partial charge is 0.445 e. The maximum atomic E-state index is 13.8. The average molecular weight is 666 g/mol. The van der Waals surface area contributed by atoms with Gasteiger partial charge >= 0.3 is 6.09 Å². The van der Waals surface area contributed by atoms with Crippen LogP contribution in [0.1, 0.15) is 49.0 Å². The Bertz CT molecular complexity index is 1750. The van der Waals surface area contributed by atoms with Crippen LogP contribution in [0.25, 0.3) is 10.9 Å². The first-order valence-corrected chi connectivity index (χ1v) is 16.3. The highest BCUT2D eigenvalue weighted by Crippen LogP contribution is 2.15. The number of fused-ring (bicyclic) bond motifs is 1. The smallest absolute Gasteiger partial charge is 0.408 e. The van der Waals surface area contributed by atoms with Gasteiger partial charge in [-0.2, -0.15) is 0 Å². The molecule has 49 heavy (non-hydrogen) atoms. The highest BCUT2D eigenvalue weighted by Gasteiger charge is 2.29. The van der Waals surface area contributed by atoms with Gasteiger partial charge in [-0.3, -0.25) is 23.7 Å². The molecule has 11 nitrogen and oxygen atoms in total. The zero-order valence-corrected chi connectivity index (χ0v) is 27.7. The molecule has 4 rings (SSSR count). The monoisotopic (exact) mass is 665 g/mol. The molecule has 5 N–H and O–H groups in total. The highest BCUT2D eigenvalue weighted by atomic mass is 16.5. The van der Waals surface area contributed by atoms with Crippen LogP contribution in [0.5, 0.6) is 0 Å². The second-order valence-electron chi connectivity index (χ2n) is 12.2. The van der Waals surface area contributed by atoms with E-state index in [2.05, 4.69) is 16.0 Å². The minimum atomic E-state index is -1.06. The lowest BCUT2D eigenvalue weighted by Gasteiger charge is -2.25. The van der Waals surface area contributed by atoms with E-state index in [0.29, 0.717) is 6.42 Å². The van der Waals surface area contributed by atoms with Gasteiger partial charge in [0.1, 0.15) is 18.7 Å². The molecule has 0 unspecified atom stereocenters. The number of ether oxygens (including phenoxy) is 1. The summed E-state index contributed by atoms with van der Waals surface area (Å²) in [5.41, 5.74) is 7.73. The molecule has 4 aromatic rings. The Balaban J connectivity index is 1.50. The summed E-state index contributed by atoms with van der Waals surface area (Å²) in [6, 6.07) is 24.8. The molecule has 0 saturated heterocycles. The van der Waals surface area contributed by atoms with Crippen molar-refractivity contribution in [1.82, 2.24) is 20.5 Å². The summed E-state index contributed by atoms with van der Waals surface area (Å²) in [6.45, 7) is 3.86. The molecule has 0 radical (unpaired) electrons. The van der Waals surface area contributed by atoms with Crippen molar-refractivity contribution in [2.24, 2.45) is 11.7 Å². The predicted molar refractivity (Wildman–Crippen MR) is 187 cm³/mol. The van der Waals surface area contributed by atoms with Crippen LogP contribution < -0.4 is 21.7 Å². The van der Waals surface area contributed by atoms with Crippen molar-refractivity contribution >= 4 is 40.6 Å². The van der Waals surface area contributed by atoms with E-state index in [1.807, 2.05) is 105 Å². The van der Waals surface area contributed by atoms with Crippen molar-refractivity contribution in [2.45, 2.75) is 64.3 Å². The SMILES string of the molecule is CC(C)C[C@H](NC(=O)OCc1ccccc1)C(=O)N[C@@H](Cc1ccccc1)C(=O)N[C@H](/C=C/C(=O)n1ccc2ccccc21)CCC(N)=O. The summed E-state index contributed by atoms with van der Waals surface area (Å²) >= 11 is 0. The minimum absolute atomic E-state index is 0.0323. The van der Waals surface area contributed by atoms with Crippen LogP contribution in [0.2, 0.25) is 0 Å². The Morgan fingerprint density at radius 1 is 0.776 bits per heavy atom. The number of nitrogens with zero attached hydrogens (tertiary/aromatic N) is 1. The van der Waals surface area contributed by atoms with Gasteiger partial charge in [0.25, 0.3) is 5.91 Å². The maximum Gasteiger partial charge on any atom is 0.408 e. The van der Waals surface area contributed by atoms with Crippen LogP contribution in [0.15, 0.2) is 109 Å². The quantitative estimate of drug-likeness (QED) is 0.127.